The number of hydrogen-bond donors (Lipinski definition) is 6. The van der Waals surface area contributed by atoms with Gasteiger partial charge in [0, 0.05) is 43.9 Å². The molecule has 2 rings (SSSR count). The van der Waals surface area contributed by atoms with Gasteiger partial charge >= 0.3 is 6.09 Å². The second-order valence-corrected chi connectivity index (χ2v) is 10.6. The molecule has 2 amide bonds. The van der Waals surface area contributed by atoms with E-state index in [0.29, 0.717) is 41.8 Å². The molecule has 0 saturated carbocycles. The zero-order valence-corrected chi connectivity index (χ0v) is 26.4. The summed E-state index contributed by atoms with van der Waals surface area (Å²) >= 11 is 0. The standard InChI is InChI=1S/C31H45N3O8.ClH/c1-8-12-33-26-21-13-17(2)14-25(41-7)27(36)19(4)15-20(5)29(42-31(32)39)24(40-6)11-9-10-18(3)30(38)34-22(28(21)37)16-23(26)35;/h8-11,15-17,19,24-25,27,29,33,35-37H,1,12-14H2,2-7H3,(H2,32,39)(H,34,38);1H/b11-9?,18-10?,20-15+;/t17-,19+,24+,25+,27-,29+;/m1./s1. The lowest BCUT2D eigenvalue weighted by Gasteiger charge is -2.29. The molecule has 0 spiro atoms. The number of amides is 2. The minimum Gasteiger partial charge on any atom is -0.506 e. The maximum absolute atomic E-state index is 13.0. The number of fused-ring (bicyclic) bond motifs is 2. The van der Waals surface area contributed by atoms with Gasteiger partial charge in [0.2, 0.25) is 0 Å². The number of ether oxygens (including phenoxy) is 3. The Kier molecular flexibility index (Phi) is 15.3. The van der Waals surface area contributed by atoms with E-state index < -0.39 is 42.3 Å². The molecule has 240 valence electrons. The Bertz CT molecular complexity index is 1220. The van der Waals surface area contributed by atoms with Crippen LogP contribution in [0, 0.1) is 11.8 Å². The number of carbonyl (C=O) groups is 2. The predicted octanol–water partition coefficient (Wildman–Crippen LogP) is 4.58. The van der Waals surface area contributed by atoms with E-state index in [1.54, 1.807) is 38.2 Å². The third-order valence-corrected chi connectivity index (χ3v) is 7.25. The molecule has 2 bridgehead atoms. The van der Waals surface area contributed by atoms with Crippen LogP contribution in [0.2, 0.25) is 0 Å². The predicted molar refractivity (Wildman–Crippen MR) is 170 cm³/mol. The maximum atomic E-state index is 13.0. The van der Waals surface area contributed by atoms with Crippen LogP contribution in [0.4, 0.5) is 16.2 Å². The van der Waals surface area contributed by atoms with Crippen molar-refractivity contribution in [2.24, 2.45) is 17.6 Å². The summed E-state index contributed by atoms with van der Waals surface area (Å²) in [6.07, 6.45) is 4.64. The summed E-state index contributed by atoms with van der Waals surface area (Å²) in [5, 5.41) is 39.1. The lowest BCUT2D eigenvalue weighted by atomic mass is 9.87. The van der Waals surface area contributed by atoms with Gasteiger partial charge in [-0.05, 0) is 38.2 Å². The number of nitrogens with two attached hydrogens (primary N) is 1. The average Bonchev–Trinajstić information content (AvgIpc) is 2.94. The number of halogens is 1. The molecule has 0 unspecified atom stereocenters. The molecule has 1 aromatic carbocycles. The minimum absolute atomic E-state index is 0. The van der Waals surface area contributed by atoms with Crippen LogP contribution >= 0.6 is 12.4 Å². The number of rotatable bonds is 6. The van der Waals surface area contributed by atoms with Gasteiger partial charge in [-0.1, -0.05) is 44.2 Å². The number of carbonyl (C=O) groups excluding carboxylic acids is 2. The average molecular weight is 624 g/mol. The second-order valence-electron chi connectivity index (χ2n) is 10.6. The van der Waals surface area contributed by atoms with E-state index in [2.05, 4.69) is 17.2 Å². The first kappa shape index (κ1) is 37.5. The van der Waals surface area contributed by atoms with Gasteiger partial charge in [0.05, 0.1) is 23.6 Å². The van der Waals surface area contributed by atoms with Crippen molar-refractivity contribution in [1.82, 2.24) is 0 Å². The zero-order valence-electron chi connectivity index (χ0n) is 25.6. The van der Waals surface area contributed by atoms with E-state index in [9.17, 15) is 24.9 Å². The van der Waals surface area contributed by atoms with E-state index in [4.69, 9.17) is 19.9 Å². The third-order valence-electron chi connectivity index (χ3n) is 7.25. The van der Waals surface area contributed by atoms with E-state index in [1.807, 2.05) is 13.8 Å². The first-order valence-electron chi connectivity index (χ1n) is 13.8. The molecule has 0 aromatic heterocycles. The van der Waals surface area contributed by atoms with Crippen LogP contribution in [0.15, 0.2) is 54.2 Å². The van der Waals surface area contributed by atoms with Crippen molar-refractivity contribution < 1.29 is 39.1 Å². The number of aromatic hydroxyl groups is 2. The summed E-state index contributed by atoms with van der Waals surface area (Å²) in [7, 11) is 2.95. The van der Waals surface area contributed by atoms with Crippen molar-refractivity contribution in [3.63, 3.8) is 0 Å². The second kappa shape index (κ2) is 17.6. The van der Waals surface area contributed by atoms with Gasteiger partial charge in [-0.3, -0.25) is 4.79 Å². The van der Waals surface area contributed by atoms with Crippen LogP contribution in [0.1, 0.15) is 39.7 Å². The number of methoxy groups -OCH3 is 2. The molecule has 12 heteroatoms. The number of benzene rings is 1. The van der Waals surface area contributed by atoms with Crippen molar-refractivity contribution in [3.8, 4) is 11.5 Å². The summed E-state index contributed by atoms with van der Waals surface area (Å²) < 4.78 is 16.6. The fraction of sp³-hybridized carbons (Fsp3) is 0.484. The quantitative estimate of drug-likeness (QED) is 0.151. The van der Waals surface area contributed by atoms with E-state index in [-0.39, 0.29) is 35.5 Å². The Morgan fingerprint density at radius 1 is 1.23 bits per heavy atom. The molecule has 1 aliphatic rings. The van der Waals surface area contributed by atoms with Gasteiger partial charge in [0.25, 0.3) is 5.91 Å². The first-order chi connectivity index (χ1) is 19.8. The molecule has 0 aliphatic carbocycles. The maximum Gasteiger partial charge on any atom is 0.405 e. The normalized spacial score (nSPS) is 26.6. The Hall–Kier alpha value is -3.51. The Morgan fingerprint density at radius 3 is 2.49 bits per heavy atom. The first-order valence-corrected chi connectivity index (χ1v) is 13.8. The van der Waals surface area contributed by atoms with Gasteiger partial charge in [0.15, 0.2) is 6.10 Å². The molecule has 6 atom stereocenters. The summed E-state index contributed by atoms with van der Waals surface area (Å²) in [6.45, 7) is 11.1. The van der Waals surface area contributed by atoms with Gasteiger partial charge < -0.3 is 45.9 Å². The largest absolute Gasteiger partial charge is 0.506 e. The van der Waals surface area contributed by atoms with Crippen molar-refractivity contribution in [2.75, 3.05) is 31.4 Å². The molecule has 1 aromatic rings. The number of anilines is 2. The number of aliphatic hydroxyl groups excluding tert-OH is 1. The monoisotopic (exact) mass is 623 g/mol. The molecule has 0 radical (unpaired) electrons. The van der Waals surface area contributed by atoms with Crippen molar-refractivity contribution >= 4 is 35.8 Å². The van der Waals surface area contributed by atoms with Gasteiger partial charge in [-0.25, -0.2) is 4.79 Å². The lowest BCUT2D eigenvalue weighted by molar-refractivity contribution is -0.112. The number of hydrogen-bond acceptors (Lipinski definition) is 9. The topological polar surface area (TPSA) is 173 Å². The highest BCUT2D eigenvalue weighted by Gasteiger charge is 2.30. The third kappa shape index (κ3) is 10.3. The number of nitrogens with one attached hydrogen (secondary N) is 2. The van der Waals surface area contributed by atoms with Crippen LogP contribution in [0.3, 0.4) is 0 Å². The van der Waals surface area contributed by atoms with Crippen LogP contribution in [0.5, 0.6) is 11.5 Å². The molecular weight excluding hydrogens is 578 g/mol. The molecule has 7 N–H and O–H groups in total. The van der Waals surface area contributed by atoms with Crippen molar-refractivity contribution in [3.05, 3.63) is 59.7 Å². The molecule has 0 saturated heterocycles. The Morgan fingerprint density at radius 2 is 1.91 bits per heavy atom. The molecule has 0 fully saturated rings. The van der Waals surface area contributed by atoms with Crippen LogP contribution in [-0.2, 0) is 25.4 Å². The highest BCUT2D eigenvalue weighted by Crippen LogP contribution is 2.42. The van der Waals surface area contributed by atoms with Crippen LogP contribution in [0.25, 0.3) is 0 Å². The number of phenols is 2. The molecular formula is C31H46ClN3O8. The number of aliphatic hydroxyl groups is 1. The molecule has 11 nitrogen and oxygen atoms in total. The van der Waals surface area contributed by atoms with Crippen LogP contribution < -0.4 is 16.4 Å². The van der Waals surface area contributed by atoms with Gasteiger partial charge in [0.1, 0.15) is 17.6 Å². The summed E-state index contributed by atoms with van der Waals surface area (Å²) in [6, 6.07) is 1.28. The van der Waals surface area contributed by atoms with Gasteiger partial charge in [-0.15, -0.1) is 19.0 Å². The molecule has 43 heavy (non-hydrogen) atoms. The smallest absolute Gasteiger partial charge is 0.405 e. The van der Waals surface area contributed by atoms with E-state index >= 15 is 0 Å². The number of primary amides is 1. The minimum atomic E-state index is -0.990. The van der Waals surface area contributed by atoms with E-state index in [1.165, 1.54) is 26.4 Å². The summed E-state index contributed by atoms with van der Waals surface area (Å²) in [5.74, 6) is -1.41. The summed E-state index contributed by atoms with van der Waals surface area (Å²) in [5.41, 5.74) is 7.01. The number of phenolic OH excluding ortho intramolecular Hbond substituents is 2. The van der Waals surface area contributed by atoms with Crippen molar-refractivity contribution in [1.29, 1.82) is 0 Å². The van der Waals surface area contributed by atoms with Crippen LogP contribution in [-0.4, -0.2) is 72.5 Å². The van der Waals surface area contributed by atoms with E-state index in [0.717, 1.165) is 0 Å². The summed E-state index contributed by atoms with van der Waals surface area (Å²) in [4.78, 5) is 24.7. The fourth-order valence-electron chi connectivity index (χ4n) is 4.98. The highest BCUT2D eigenvalue weighted by molar-refractivity contribution is 6.04. The Labute approximate surface area is 259 Å². The van der Waals surface area contributed by atoms with Crippen molar-refractivity contribution in [2.45, 2.75) is 65.0 Å². The van der Waals surface area contributed by atoms with Gasteiger partial charge in [-0.2, -0.15) is 0 Å². The number of allylic oxidation sites excluding steroid dienone is 2. The fourth-order valence-corrected chi connectivity index (χ4v) is 4.98. The molecule has 1 heterocycles. The zero-order chi connectivity index (χ0) is 31.6. The molecule has 1 aliphatic heterocycles. The Balaban J connectivity index is 0.00000924. The SMILES string of the molecule is C=CCNc1c(O)cc2c(O)c1C[C@@H](C)C[C@H](OC)[C@H](O)[C@@H](C)/C=C(\C)[C@H](OC(N)=O)[C@@H](OC)C=CC=C(C)C(=O)N2.Cl. The highest BCUT2D eigenvalue weighted by atomic mass is 35.5. The lowest BCUT2D eigenvalue weighted by Crippen LogP contribution is -2.37.